The molecule has 134 heavy (non-hydrogen) atoms. The number of pyridine rings is 1. The molecule has 5 aliphatic heterocycles. The average Bonchev–Trinajstić information content (AvgIpc) is 1.63. The zero-order valence-electron chi connectivity index (χ0n) is 71.9. The smallest absolute Gasteiger partial charge is 0.262 e. The molecule has 23 rings (SSSR count). The Hall–Kier alpha value is -16.3. The first kappa shape index (κ1) is 82.1. The van der Waals surface area contributed by atoms with E-state index in [2.05, 4.69) is 10.6 Å². The molecule has 5 aliphatic rings. The van der Waals surface area contributed by atoms with E-state index in [0.29, 0.717) is 88.6 Å². The Balaban J connectivity index is 0.788. The fraction of sp³-hybridized carbons (Fsp3) is 0.144. The molecule has 660 valence electrons. The van der Waals surface area contributed by atoms with E-state index in [0.717, 1.165) is 64.0 Å². The number of benzene rings is 15. The normalized spacial score (nSPS) is 16.2. The summed E-state index contributed by atoms with van der Waals surface area (Å²) in [6.07, 6.45) is 6.29. The predicted molar refractivity (Wildman–Crippen MR) is 501 cm³/mol. The van der Waals surface area contributed by atoms with Crippen molar-refractivity contribution in [2.24, 2.45) is 0 Å². The number of amides is 4. The molecular weight excluding hydrogens is 1690 g/mol. The first-order valence-corrected chi connectivity index (χ1v) is 44.4. The van der Waals surface area contributed by atoms with E-state index in [9.17, 15) is 0 Å². The van der Waals surface area contributed by atoms with Gasteiger partial charge in [-0.05, 0) is 228 Å². The topological polar surface area (TPSA) is 268 Å². The molecule has 0 saturated carbocycles. The molecule has 23 heteroatoms. The summed E-state index contributed by atoms with van der Waals surface area (Å²) in [6.45, 7) is 7.67. The van der Waals surface area contributed by atoms with E-state index in [1.807, 2.05) is 158 Å². The van der Waals surface area contributed by atoms with Crippen LogP contribution in [0, 0.1) is 0 Å². The van der Waals surface area contributed by atoms with Crippen LogP contribution < -0.4 is 59.4 Å². The lowest BCUT2D eigenvalue weighted by molar-refractivity contribution is -0.126. The van der Waals surface area contributed by atoms with Gasteiger partial charge in [0.1, 0.15) is 104 Å². The number of ether oxygens (including phenoxy) is 12. The molecule has 4 amide bonds. The van der Waals surface area contributed by atoms with Crippen LogP contribution in [0.15, 0.2) is 329 Å². The van der Waals surface area contributed by atoms with Crippen molar-refractivity contribution in [1.82, 2.24) is 20.1 Å². The third-order valence-corrected chi connectivity index (χ3v) is 24.6. The lowest BCUT2D eigenvalue weighted by Gasteiger charge is -2.34. The van der Waals surface area contributed by atoms with Crippen LogP contribution in [0.1, 0.15) is 77.7 Å². The first-order valence-electron chi connectivity index (χ1n) is 44.4. The van der Waals surface area contributed by atoms with Gasteiger partial charge in [0.15, 0.2) is 12.1 Å². The van der Waals surface area contributed by atoms with Gasteiger partial charge in [-0.15, -0.1) is 0 Å². The highest BCUT2D eigenvalue weighted by Gasteiger charge is 2.46. The molecular formula is C111H82N4O19. The molecule has 15 aromatic carbocycles. The van der Waals surface area contributed by atoms with Gasteiger partial charge in [-0.2, -0.15) is 0 Å². The number of fused-ring (bicyclic) bond motifs is 2. The van der Waals surface area contributed by atoms with Crippen molar-refractivity contribution in [2.75, 3.05) is 26.4 Å². The van der Waals surface area contributed by atoms with Crippen LogP contribution >= 0.6 is 0 Å². The third kappa shape index (κ3) is 16.9. The molecule has 2 N–H and O–H groups in total. The minimum Gasteiger partial charge on any atom is -0.467 e. The van der Waals surface area contributed by atoms with Crippen LogP contribution in [0.4, 0.5) is 0 Å². The molecule has 23 nitrogen and oxygen atoms in total. The maximum Gasteiger partial charge on any atom is 0.262 e. The quantitative estimate of drug-likeness (QED) is 0.0164. The number of carbonyl (C=O) groups excluding carboxylic acids is 4. The minimum absolute atomic E-state index is 0.0110. The maximum atomic E-state index is 17.1. The van der Waals surface area contributed by atoms with Gasteiger partial charge < -0.3 is 76.3 Å². The lowest BCUT2D eigenvalue weighted by Crippen LogP contribution is -2.48. The highest BCUT2D eigenvalue weighted by Crippen LogP contribution is 2.58. The number of epoxide rings is 4. The van der Waals surface area contributed by atoms with Crippen LogP contribution in [0.25, 0.3) is 60.4 Å². The van der Waals surface area contributed by atoms with Gasteiger partial charge >= 0.3 is 0 Å². The summed E-state index contributed by atoms with van der Waals surface area (Å²) < 4.78 is 92.5. The van der Waals surface area contributed by atoms with E-state index in [1.165, 1.54) is 23.2 Å². The second-order valence-corrected chi connectivity index (χ2v) is 34.0. The summed E-state index contributed by atoms with van der Waals surface area (Å²) in [4.78, 5) is 83.1. The Labute approximate surface area is 765 Å². The monoisotopic (exact) mass is 1770 g/mol. The van der Waals surface area contributed by atoms with Crippen LogP contribution in [0.3, 0.4) is 0 Å². The summed E-state index contributed by atoms with van der Waals surface area (Å²) >= 11 is 0. The number of imide groups is 1. The van der Waals surface area contributed by atoms with Crippen molar-refractivity contribution in [2.45, 2.75) is 75.3 Å². The highest BCUT2D eigenvalue weighted by molar-refractivity contribution is 6.44. The Morgan fingerprint density at radius 1 is 0.313 bits per heavy atom. The summed E-state index contributed by atoms with van der Waals surface area (Å²) in [6, 6.07) is 87.8. The molecule has 0 radical (unpaired) electrons. The third-order valence-electron chi connectivity index (χ3n) is 24.6. The Morgan fingerprint density at radius 2 is 0.619 bits per heavy atom. The van der Waals surface area contributed by atoms with Gasteiger partial charge in [0.05, 0.1) is 79.9 Å². The largest absolute Gasteiger partial charge is 0.467 e. The molecule has 6 unspecified atom stereocenters. The second kappa shape index (κ2) is 34.9. The Kier molecular flexibility index (Phi) is 21.4. The van der Waals surface area contributed by atoms with Crippen LogP contribution in [-0.4, -0.2) is 83.9 Å². The number of aromatic nitrogens is 1. The Bertz CT molecular complexity index is 7320. The zero-order valence-corrected chi connectivity index (χ0v) is 71.9. The van der Waals surface area contributed by atoms with Crippen molar-refractivity contribution in [3.8, 4) is 92.0 Å². The summed E-state index contributed by atoms with van der Waals surface area (Å²) in [5.41, 5.74) is 4.87. The van der Waals surface area contributed by atoms with E-state index in [-0.39, 0.29) is 149 Å². The first-order chi connectivity index (χ1) is 65.8. The molecule has 0 bridgehead atoms. The van der Waals surface area contributed by atoms with Gasteiger partial charge in [-0.1, -0.05) is 116 Å². The zero-order chi connectivity index (χ0) is 90.0. The van der Waals surface area contributed by atoms with Gasteiger partial charge in [0.2, 0.25) is 0 Å². The fourth-order valence-electron chi connectivity index (χ4n) is 18.0. The van der Waals surface area contributed by atoms with Crippen molar-refractivity contribution >= 4 is 84.1 Å². The number of rotatable bonds is 34. The summed E-state index contributed by atoms with van der Waals surface area (Å²) in [5, 5.41) is 8.46. The molecule has 18 aromatic rings. The van der Waals surface area contributed by atoms with Crippen LogP contribution in [-0.2, 0) is 67.3 Å². The van der Waals surface area contributed by atoms with Crippen LogP contribution in [0.5, 0.6) is 92.0 Å². The highest BCUT2D eigenvalue weighted by atomic mass is 16.6. The molecule has 0 spiro atoms. The van der Waals surface area contributed by atoms with E-state index < -0.39 is 41.3 Å². The van der Waals surface area contributed by atoms with Gasteiger partial charge in [-0.3, -0.25) is 33.4 Å². The second-order valence-electron chi connectivity index (χ2n) is 34.0. The lowest BCUT2D eigenvalue weighted by atomic mass is 9.81. The van der Waals surface area contributed by atoms with Crippen molar-refractivity contribution in [3.63, 3.8) is 0 Å². The molecule has 4 fully saturated rings. The number of furan rings is 2. The van der Waals surface area contributed by atoms with Gasteiger partial charge in [0, 0.05) is 92.6 Å². The summed E-state index contributed by atoms with van der Waals surface area (Å²) in [7, 11) is 0. The minimum atomic E-state index is -1.72. The number of nitrogens with one attached hydrogen (secondary N) is 2. The number of nitrogens with zero attached hydrogens (tertiary/aromatic N) is 2. The van der Waals surface area contributed by atoms with E-state index in [1.54, 1.807) is 140 Å². The van der Waals surface area contributed by atoms with E-state index in [4.69, 9.17) is 72.3 Å². The summed E-state index contributed by atoms with van der Waals surface area (Å²) in [5.74, 6) is 2.42. The number of carbonyl (C=O) groups is 4. The van der Waals surface area contributed by atoms with Crippen molar-refractivity contribution < 1.29 is 84.9 Å². The maximum absolute atomic E-state index is 17.1. The number of hydrogen-bond acceptors (Lipinski definition) is 19. The Morgan fingerprint density at radius 3 is 0.955 bits per heavy atom. The standard InChI is InChI=1S/C111H82N4O19/c1-64-87-54-93(131-75-36-28-71(29-37-75)127-79-22-8-18-67(46-79)50-83-60-123-83)99-101-95(133-77-40-32-73(33-41-77)129-81-24-10-20-69(48-81)52-85-62-125-85)56-89-98-90(111(120)115(110(89)119)106(92-27-13-45-122-92)108(117)113-59-66-16-6-3-7-17-66)57-96(134-78-42-34-74(35-43-78)130-82-25-11-21-70(49-82)53-86-63-126-86)102(104(98)101)100-94(132-76-38-30-72(31-39-76)128-80-23-9-19-68(47-80)51-84-61-124-84)55-88(97(87)103(99)100)109(118)114(64)105(91-26-12-44-121-91)107(116)112-58-65-14-4-2-5-15-65/h2-49,54-57,83-86,105-106H,1,50-53,58-63H2,(H,112,116)(H,113,117). The van der Waals surface area contributed by atoms with Gasteiger partial charge in [-0.25, -0.2) is 0 Å². The van der Waals surface area contributed by atoms with Crippen LogP contribution in [0.2, 0.25) is 0 Å². The van der Waals surface area contributed by atoms with Gasteiger partial charge in [0.25, 0.3) is 29.2 Å². The molecule has 8 heterocycles. The molecule has 3 aromatic heterocycles. The SMILES string of the molecule is C=c1c2cc(Oc3ccc(Oc4cccc(CC5CO5)c4)cc3)c3c4c(Oc5ccc(Oc6cccc(CC7CO7)c6)cc5)cc5c6c(cc(Oc7ccc(Oc8cccc(CC9CO9)c8)cc7)c(c7c(Oc8ccc(Oc9cccc(CC%10CO%10)c9)cc8)cc(c(=O)n1C(C(=O)NCc1ccccc1)c1ccco1)c2c37)c64)C(=O)N(C(C(=O)NCc1ccccc1)c1ccco1)C5=O. The molecule has 4 saturated heterocycles. The fourth-order valence-corrected chi connectivity index (χ4v) is 18.0. The molecule has 6 atom stereocenters. The average molecular weight is 1780 g/mol. The predicted octanol–water partition coefficient (Wildman–Crippen LogP) is 22.0. The number of hydrogen-bond donors (Lipinski definition) is 2. The van der Waals surface area contributed by atoms with Crippen molar-refractivity contribution in [3.05, 3.63) is 388 Å². The van der Waals surface area contributed by atoms with Crippen molar-refractivity contribution in [1.29, 1.82) is 0 Å². The molecule has 0 aliphatic carbocycles. The van der Waals surface area contributed by atoms with E-state index >= 15 is 24.0 Å².